The van der Waals surface area contributed by atoms with E-state index in [-0.39, 0.29) is 0 Å². The van der Waals surface area contributed by atoms with Crippen molar-refractivity contribution < 1.29 is 14.2 Å². The van der Waals surface area contributed by atoms with Gasteiger partial charge in [0.05, 0.1) is 0 Å². The van der Waals surface area contributed by atoms with Crippen LogP contribution in [0.15, 0.2) is 0 Å². The Kier molecular flexibility index (Phi) is 18.1. The van der Waals surface area contributed by atoms with Gasteiger partial charge in [-0.3, -0.25) is 0 Å². The summed E-state index contributed by atoms with van der Waals surface area (Å²) in [4.78, 5) is 0. The van der Waals surface area contributed by atoms with Gasteiger partial charge in [0.1, 0.15) is 0 Å². The Hall–Kier alpha value is 1.49. The average Bonchev–Trinajstić information content (AvgIpc) is 2.43. The number of ether oxygens (including phenoxy) is 3. The van der Waals surface area contributed by atoms with Crippen LogP contribution in [0.4, 0.5) is 0 Å². The van der Waals surface area contributed by atoms with Crippen molar-refractivity contribution in [2.24, 2.45) is 0 Å². The Morgan fingerprint density at radius 1 is 0.850 bits per heavy atom. The zero-order chi connectivity index (χ0) is 15.1. The molecular weight excluding hydrogens is 374 g/mol. The van der Waals surface area contributed by atoms with Crippen LogP contribution in [0.3, 0.4) is 0 Å². The molecule has 0 atom stereocenters. The molecule has 0 aliphatic carbocycles. The molecule has 9 heteroatoms. The number of thiol groups is 2. The second-order valence-corrected chi connectivity index (χ2v) is 8.26. The molecule has 0 aromatic carbocycles. The molecule has 0 aliphatic heterocycles. The fraction of sp³-hybridized carbons (Fsp3) is 1.00. The van der Waals surface area contributed by atoms with Gasteiger partial charge in [0.15, 0.2) is 0 Å². The third kappa shape index (κ3) is 17.5. The first-order chi connectivity index (χ1) is 9.66. The van der Waals surface area contributed by atoms with Crippen molar-refractivity contribution in [1.82, 2.24) is 6.72 Å². The Balaban J connectivity index is 2.99. The van der Waals surface area contributed by atoms with E-state index in [1.54, 1.807) is 11.9 Å². The normalized spacial score (nSPS) is 11.7. The van der Waals surface area contributed by atoms with Crippen LogP contribution in [-0.4, -0.2) is 84.5 Å². The molecule has 0 bridgehead atoms. The molecule has 5 nitrogen and oxygen atoms in total. The van der Waals surface area contributed by atoms with E-state index in [9.17, 15) is 0 Å². The number of hydrogen-bond acceptors (Lipinski definition) is 8. The van der Waals surface area contributed by atoms with Gasteiger partial charge in [0, 0.05) is 6.54 Å². The van der Waals surface area contributed by atoms with Crippen LogP contribution < -0.4 is 0 Å². The Labute approximate surface area is 148 Å². The topological polar surface area (TPSA) is 34.2 Å². The van der Waals surface area contributed by atoms with Crippen LogP contribution in [0, 0.1) is 0 Å². The average molecular weight is 399 g/mol. The predicted octanol–water partition coefficient (Wildman–Crippen LogP) is 1.47. The summed E-state index contributed by atoms with van der Waals surface area (Å²) in [5.41, 5.74) is 0. The third-order valence-corrected chi connectivity index (χ3v) is 4.30. The van der Waals surface area contributed by atoms with Crippen LogP contribution in [0.25, 0.3) is 0 Å². The molecule has 20 heavy (non-hydrogen) atoms. The van der Waals surface area contributed by atoms with Gasteiger partial charge in [-0.05, 0) is 12.7 Å². The van der Waals surface area contributed by atoms with Gasteiger partial charge in [-0.2, -0.15) is 3.71 Å². The van der Waals surface area contributed by atoms with Crippen molar-refractivity contribution in [3.8, 4) is 0 Å². The second-order valence-electron chi connectivity index (χ2n) is 3.97. The van der Waals surface area contributed by atoms with Crippen molar-refractivity contribution in [3.63, 3.8) is 0 Å². The van der Waals surface area contributed by atoms with Gasteiger partial charge in [-0.25, -0.2) is 0 Å². The van der Waals surface area contributed by atoms with E-state index < -0.39 is 0 Å². The second kappa shape index (κ2) is 16.9. The quantitative estimate of drug-likeness (QED) is 0.188. The van der Waals surface area contributed by atoms with Crippen LogP contribution >= 0.6 is 37.6 Å². The van der Waals surface area contributed by atoms with Crippen LogP contribution in [0.2, 0.25) is 0 Å². The molecule has 0 rings (SSSR count). The molecule has 0 aromatic rings. The maximum atomic E-state index is 5.45. The molecule has 0 aromatic heterocycles. The Morgan fingerprint density at radius 3 is 1.75 bits per heavy atom. The molecule has 0 N–H and O–H groups in total. The summed E-state index contributed by atoms with van der Waals surface area (Å²) in [6.07, 6.45) is 3.98. The molecule has 2 radical (unpaired) electrons. The molecule has 0 saturated heterocycles. The van der Waals surface area contributed by atoms with Gasteiger partial charge in [-0.1, -0.05) is 24.8 Å². The van der Waals surface area contributed by atoms with Crippen LogP contribution in [-0.2, 0) is 14.2 Å². The molecular formula is C11H25GaN2O3S3. The van der Waals surface area contributed by atoms with E-state index in [1.165, 1.54) is 18.8 Å². The first kappa shape index (κ1) is 21.5. The molecule has 0 unspecified atom stereocenters. The van der Waals surface area contributed by atoms with E-state index in [4.69, 9.17) is 14.2 Å². The van der Waals surface area contributed by atoms with E-state index in [1.807, 2.05) is 13.0 Å². The zero-order valence-corrected chi connectivity index (χ0v) is 17.1. The molecule has 0 spiro atoms. The first-order valence-electron chi connectivity index (χ1n) is 6.61. The summed E-state index contributed by atoms with van der Waals surface area (Å²) in [5, 5.41) is 0. The van der Waals surface area contributed by atoms with E-state index in [0.717, 1.165) is 39.1 Å². The van der Waals surface area contributed by atoms with Crippen LogP contribution in [0.1, 0.15) is 12.8 Å². The molecule has 0 fully saturated rings. The number of nitrogens with zero attached hydrogens (tertiary/aromatic N) is 2. The molecule has 0 heterocycles. The Morgan fingerprint density at radius 2 is 1.30 bits per heavy atom. The minimum absolute atomic E-state index is 0.623. The summed E-state index contributed by atoms with van der Waals surface area (Å²) in [5.74, 6) is 0. The predicted molar refractivity (Wildman–Crippen MR) is 92.3 cm³/mol. The summed E-state index contributed by atoms with van der Waals surface area (Å²) in [7, 11) is 0. The van der Waals surface area contributed by atoms with E-state index >= 15 is 0 Å². The summed E-state index contributed by atoms with van der Waals surface area (Å²) in [6.45, 7) is 5.91. The van der Waals surface area contributed by atoms with Gasteiger partial charge in [0.2, 0.25) is 0 Å². The molecule has 0 saturated carbocycles. The SMILES string of the molecule is CSN(S)CCCOCCOCCOCCC[N](S)[Ga]. The van der Waals surface area contributed by atoms with Crippen molar-refractivity contribution in [2.45, 2.75) is 12.8 Å². The Bertz CT molecular complexity index is 208. The van der Waals surface area contributed by atoms with E-state index in [0.29, 0.717) is 26.4 Å². The number of rotatable bonds is 15. The monoisotopic (exact) mass is 398 g/mol. The van der Waals surface area contributed by atoms with Crippen molar-refractivity contribution >= 4 is 56.4 Å². The van der Waals surface area contributed by atoms with E-state index in [2.05, 4.69) is 25.6 Å². The van der Waals surface area contributed by atoms with Crippen molar-refractivity contribution in [3.05, 3.63) is 0 Å². The first-order valence-corrected chi connectivity index (χ1v) is 9.68. The fourth-order valence-electron chi connectivity index (χ4n) is 1.26. The standard InChI is InChI=1S/C11H25N2O3S3.Ga/c1-19-13(18)5-3-7-15-9-11-16-10-8-14-6-2-4-12-17;/h17-18H,2-11H2,1H3;/q-1;+1. The summed E-state index contributed by atoms with van der Waals surface area (Å²) >= 11 is 11.5. The zero-order valence-electron chi connectivity index (χ0n) is 12.1. The fourth-order valence-corrected chi connectivity index (χ4v) is 2.24. The molecule has 118 valence electrons. The minimum atomic E-state index is 0.623. The van der Waals surface area contributed by atoms with Crippen molar-refractivity contribution in [2.75, 3.05) is 59.0 Å². The maximum absolute atomic E-state index is 5.45. The summed E-state index contributed by atoms with van der Waals surface area (Å²) < 4.78 is 20.1. The van der Waals surface area contributed by atoms with Gasteiger partial charge < -0.3 is 0 Å². The van der Waals surface area contributed by atoms with Gasteiger partial charge in [-0.15, -0.1) is 0 Å². The van der Waals surface area contributed by atoms with Gasteiger partial charge >= 0.3 is 101 Å². The van der Waals surface area contributed by atoms with Gasteiger partial charge in [0.25, 0.3) is 0 Å². The number of hydrogen-bond donors (Lipinski definition) is 2. The molecule has 0 amide bonds. The third-order valence-electron chi connectivity index (χ3n) is 2.27. The van der Waals surface area contributed by atoms with Crippen LogP contribution in [0.5, 0.6) is 0 Å². The summed E-state index contributed by atoms with van der Waals surface area (Å²) in [6, 6.07) is 0. The van der Waals surface area contributed by atoms with Crippen molar-refractivity contribution in [1.29, 1.82) is 0 Å². The molecule has 0 aliphatic rings.